The molecule has 0 bridgehead atoms. The van der Waals surface area contributed by atoms with Crippen LogP contribution in [0.2, 0.25) is 0 Å². The van der Waals surface area contributed by atoms with Crippen molar-refractivity contribution in [1.29, 1.82) is 0 Å². The van der Waals surface area contributed by atoms with Crippen molar-refractivity contribution in [1.82, 2.24) is 19.9 Å². The summed E-state index contributed by atoms with van der Waals surface area (Å²) in [5.41, 5.74) is 1.29. The van der Waals surface area contributed by atoms with Gasteiger partial charge in [-0.25, -0.2) is 19.7 Å². The molecular weight excluding hydrogens is 336 g/mol. The lowest BCUT2D eigenvalue weighted by Crippen LogP contribution is -2.42. The molecule has 1 atom stereocenters. The molecule has 0 spiro atoms. The Balaban J connectivity index is 1.78. The number of nitrogens with zero attached hydrogens (tertiary/aromatic N) is 4. The van der Waals surface area contributed by atoms with Crippen molar-refractivity contribution in [3.05, 3.63) is 29.2 Å². The molecule has 0 unspecified atom stereocenters. The normalized spacial score (nSPS) is 18.2. The van der Waals surface area contributed by atoms with Crippen LogP contribution in [0.5, 0.6) is 0 Å². The van der Waals surface area contributed by atoms with Gasteiger partial charge in [-0.05, 0) is 46.6 Å². The molecule has 1 aliphatic rings. The number of thiazole rings is 1. The number of hydrogen-bond acceptors (Lipinski definition) is 6. The number of carbonyl (C=O) groups is 1. The summed E-state index contributed by atoms with van der Waals surface area (Å²) >= 11 is 1.57. The topological polar surface area (TPSA) is 68.2 Å². The van der Waals surface area contributed by atoms with Crippen LogP contribution < -0.4 is 0 Å². The summed E-state index contributed by atoms with van der Waals surface area (Å²) in [5.74, 6) is 0.915. The van der Waals surface area contributed by atoms with Crippen LogP contribution >= 0.6 is 11.3 Å². The third kappa shape index (κ3) is 4.54. The van der Waals surface area contributed by atoms with Crippen LogP contribution in [-0.4, -0.2) is 44.6 Å². The van der Waals surface area contributed by atoms with Crippen molar-refractivity contribution in [3.8, 4) is 10.7 Å². The Morgan fingerprint density at radius 1 is 1.36 bits per heavy atom. The zero-order chi connectivity index (χ0) is 18.0. The molecule has 3 rings (SSSR count). The molecule has 0 radical (unpaired) electrons. The van der Waals surface area contributed by atoms with Crippen molar-refractivity contribution < 1.29 is 9.53 Å². The quantitative estimate of drug-likeness (QED) is 0.809. The third-order valence-corrected chi connectivity index (χ3v) is 4.76. The van der Waals surface area contributed by atoms with Gasteiger partial charge < -0.3 is 9.64 Å². The highest BCUT2D eigenvalue weighted by molar-refractivity contribution is 7.13. The molecule has 25 heavy (non-hydrogen) atoms. The van der Waals surface area contributed by atoms with Crippen LogP contribution in [0.4, 0.5) is 4.79 Å². The minimum absolute atomic E-state index is 0.125. The lowest BCUT2D eigenvalue weighted by molar-refractivity contribution is 0.0196. The molecule has 2 aromatic heterocycles. The highest BCUT2D eigenvalue weighted by Crippen LogP contribution is 2.28. The van der Waals surface area contributed by atoms with Crippen LogP contribution in [0.15, 0.2) is 17.6 Å². The molecule has 2 aromatic rings. The Morgan fingerprint density at radius 3 is 2.84 bits per heavy atom. The van der Waals surface area contributed by atoms with Gasteiger partial charge in [0.1, 0.15) is 22.1 Å². The van der Waals surface area contributed by atoms with E-state index in [4.69, 9.17) is 9.72 Å². The lowest BCUT2D eigenvalue weighted by Gasteiger charge is -2.33. The smallest absolute Gasteiger partial charge is 0.410 e. The number of amides is 1. The first-order valence-electron chi connectivity index (χ1n) is 8.55. The van der Waals surface area contributed by atoms with E-state index < -0.39 is 5.60 Å². The van der Waals surface area contributed by atoms with E-state index in [0.717, 1.165) is 41.6 Å². The first-order chi connectivity index (χ1) is 11.8. The van der Waals surface area contributed by atoms with Crippen LogP contribution in [0, 0.1) is 6.92 Å². The number of piperidine rings is 1. The first kappa shape index (κ1) is 17.8. The third-order valence-electron chi connectivity index (χ3n) is 3.96. The van der Waals surface area contributed by atoms with Gasteiger partial charge in [-0.1, -0.05) is 0 Å². The number of carbonyl (C=O) groups excluding carboxylic acids is 1. The molecular formula is C18H24N4O2S. The molecule has 0 saturated carbocycles. The number of aryl methyl sites for hydroxylation is 1. The Kier molecular flexibility index (Phi) is 5.03. The molecule has 6 nitrogen and oxygen atoms in total. The van der Waals surface area contributed by atoms with Crippen molar-refractivity contribution in [2.75, 3.05) is 13.1 Å². The molecule has 1 saturated heterocycles. The average molecular weight is 360 g/mol. The monoisotopic (exact) mass is 360 g/mol. The van der Waals surface area contributed by atoms with Crippen LogP contribution in [0.3, 0.4) is 0 Å². The standard InChI is InChI=1S/C18H24N4O2S/c1-12-10-14(16-19-7-9-25-16)21-15(20-12)13-6-5-8-22(11-13)17(23)24-18(2,3)4/h7,9-10,13H,5-6,8,11H2,1-4H3/t13-/m0/s1. The van der Waals surface area contributed by atoms with Gasteiger partial charge in [-0.3, -0.25) is 0 Å². The van der Waals surface area contributed by atoms with Crippen molar-refractivity contribution in [3.63, 3.8) is 0 Å². The number of ether oxygens (including phenoxy) is 1. The molecule has 134 valence electrons. The van der Waals surface area contributed by atoms with Gasteiger partial charge in [0.25, 0.3) is 0 Å². The predicted molar refractivity (Wildman–Crippen MR) is 97.7 cm³/mol. The molecule has 0 aromatic carbocycles. The average Bonchev–Trinajstić information content (AvgIpc) is 3.07. The van der Waals surface area contributed by atoms with E-state index in [2.05, 4.69) is 9.97 Å². The number of likely N-dealkylation sites (tertiary alicyclic amines) is 1. The van der Waals surface area contributed by atoms with E-state index in [1.54, 1.807) is 22.4 Å². The van der Waals surface area contributed by atoms with Crippen molar-refractivity contribution >= 4 is 17.4 Å². The summed E-state index contributed by atoms with van der Waals surface area (Å²) in [6, 6.07) is 1.96. The highest BCUT2D eigenvalue weighted by atomic mass is 32.1. The fraction of sp³-hybridized carbons (Fsp3) is 0.556. The number of hydrogen-bond donors (Lipinski definition) is 0. The Morgan fingerprint density at radius 2 is 2.16 bits per heavy atom. The number of rotatable bonds is 2. The zero-order valence-corrected chi connectivity index (χ0v) is 16.0. The molecule has 1 amide bonds. The van der Waals surface area contributed by atoms with E-state index in [9.17, 15) is 4.79 Å². The maximum absolute atomic E-state index is 12.4. The molecule has 1 aliphatic heterocycles. The van der Waals surface area contributed by atoms with E-state index in [0.29, 0.717) is 6.54 Å². The van der Waals surface area contributed by atoms with E-state index in [1.807, 2.05) is 39.1 Å². The van der Waals surface area contributed by atoms with Gasteiger partial charge in [0.2, 0.25) is 0 Å². The van der Waals surface area contributed by atoms with E-state index >= 15 is 0 Å². The largest absolute Gasteiger partial charge is 0.444 e. The second-order valence-electron chi connectivity index (χ2n) is 7.36. The summed E-state index contributed by atoms with van der Waals surface area (Å²) in [6.45, 7) is 8.94. The summed E-state index contributed by atoms with van der Waals surface area (Å²) in [7, 11) is 0. The summed E-state index contributed by atoms with van der Waals surface area (Å²) in [5, 5.41) is 2.84. The van der Waals surface area contributed by atoms with Gasteiger partial charge in [0, 0.05) is 36.3 Å². The predicted octanol–water partition coefficient (Wildman–Crippen LogP) is 4.02. The van der Waals surface area contributed by atoms with Crippen LogP contribution in [0.1, 0.15) is 51.0 Å². The maximum Gasteiger partial charge on any atom is 0.410 e. The summed E-state index contributed by atoms with van der Waals surface area (Å²) < 4.78 is 5.51. The highest BCUT2D eigenvalue weighted by Gasteiger charge is 2.30. The van der Waals surface area contributed by atoms with Crippen molar-refractivity contribution in [2.45, 2.75) is 52.1 Å². The fourth-order valence-corrected chi connectivity index (χ4v) is 3.51. The Labute approximate surface area is 152 Å². The Bertz CT molecular complexity index is 740. The molecule has 1 fully saturated rings. The summed E-state index contributed by atoms with van der Waals surface area (Å²) in [4.78, 5) is 27.8. The van der Waals surface area contributed by atoms with Crippen LogP contribution in [-0.2, 0) is 4.74 Å². The van der Waals surface area contributed by atoms with Gasteiger partial charge in [0.15, 0.2) is 0 Å². The minimum Gasteiger partial charge on any atom is -0.444 e. The van der Waals surface area contributed by atoms with Crippen LogP contribution in [0.25, 0.3) is 10.7 Å². The lowest BCUT2D eigenvalue weighted by atomic mass is 9.97. The number of aromatic nitrogens is 3. The fourth-order valence-electron chi connectivity index (χ4n) is 2.91. The zero-order valence-electron chi connectivity index (χ0n) is 15.2. The van der Waals surface area contributed by atoms with Crippen molar-refractivity contribution in [2.24, 2.45) is 0 Å². The van der Waals surface area contributed by atoms with Gasteiger partial charge >= 0.3 is 6.09 Å². The van der Waals surface area contributed by atoms with Gasteiger partial charge in [-0.15, -0.1) is 11.3 Å². The SMILES string of the molecule is Cc1cc(-c2nccs2)nc([C@H]2CCCN(C(=O)OC(C)(C)C)C2)n1. The Hall–Kier alpha value is -2.02. The molecule has 0 N–H and O–H groups in total. The van der Waals surface area contributed by atoms with E-state index in [-0.39, 0.29) is 12.0 Å². The summed E-state index contributed by atoms with van der Waals surface area (Å²) in [6.07, 6.45) is 3.42. The minimum atomic E-state index is -0.484. The molecule has 7 heteroatoms. The van der Waals surface area contributed by atoms with Gasteiger partial charge in [0.05, 0.1) is 0 Å². The second-order valence-corrected chi connectivity index (χ2v) is 8.25. The van der Waals surface area contributed by atoms with Gasteiger partial charge in [-0.2, -0.15) is 0 Å². The molecule has 3 heterocycles. The second kappa shape index (κ2) is 7.07. The molecule has 0 aliphatic carbocycles. The maximum atomic E-state index is 12.4. The first-order valence-corrected chi connectivity index (χ1v) is 9.43. The van der Waals surface area contributed by atoms with E-state index in [1.165, 1.54) is 0 Å².